The van der Waals surface area contributed by atoms with E-state index in [0.29, 0.717) is 11.4 Å². The van der Waals surface area contributed by atoms with Crippen molar-refractivity contribution in [1.82, 2.24) is 0 Å². The number of benzene rings is 2. The lowest BCUT2D eigenvalue weighted by atomic mass is 10.1. The fourth-order valence-corrected chi connectivity index (χ4v) is 2.05. The van der Waals surface area contributed by atoms with Crippen molar-refractivity contribution < 1.29 is 14.6 Å². The predicted octanol–water partition coefficient (Wildman–Crippen LogP) is 2.70. The zero-order chi connectivity index (χ0) is 15.2. The van der Waals surface area contributed by atoms with E-state index in [1.54, 1.807) is 12.1 Å². The van der Waals surface area contributed by atoms with E-state index in [9.17, 15) is 5.11 Å². The number of hydrogen-bond acceptors (Lipinski definition) is 4. The first-order valence-electron chi connectivity index (χ1n) is 6.91. The summed E-state index contributed by atoms with van der Waals surface area (Å²) in [6, 6.07) is 13.2. The van der Waals surface area contributed by atoms with Gasteiger partial charge in [0.1, 0.15) is 30.8 Å². The Morgan fingerprint density at radius 2 is 1.62 bits per heavy atom. The number of aliphatic hydroxyl groups excluding tert-OH is 1. The number of anilines is 1. The highest BCUT2D eigenvalue weighted by Crippen LogP contribution is 2.20. The Bertz CT molecular complexity index is 578. The Morgan fingerprint density at radius 1 is 1.00 bits per heavy atom. The number of ether oxygens (including phenoxy) is 2. The van der Waals surface area contributed by atoms with E-state index in [4.69, 9.17) is 15.2 Å². The van der Waals surface area contributed by atoms with Gasteiger partial charge < -0.3 is 20.3 Å². The number of para-hydroxylation sites is 2. The monoisotopic (exact) mass is 287 g/mol. The van der Waals surface area contributed by atoms with Crippen molar-refractivity contribution in [3.8, 4) is 11.5 Å². The van der Waals surface area contributed by atoms with Crippen LogP contribution in [0.15, 0.2) is 42.5 Å². The molecule has 0 radical (unpaired) electrons. The Morgan fingerprint density at radius 3 is 2.29 bits per heavy atom. The van der Waals surface area contributed by atoms with Gasteiger partial charge in [-0.25, -0.2) is 0 Å². The van der Waals surface area contributed by atoms with Gasteiger partial charge in [0.25, 0.3) is 0 Å². The first kappa shape index (κ1) is 15.2. The zero-order valence-corrected chi connectivity index (χ0v) is 12.4. The molecule has 0 aromatic heterocycles. The van der Waals surface area contributed by atoms with Gasteiger partial charge in [0.05, 0.1) is 5.69 Å². The third kappa shape index (κ3) is 4.68. The molecule has 0 spiro atoms. The molecule has 2 aromatic rings. The molecule has 2 rings (SSSR count). The first-order chi connectivity index (χ1) is 10.0. The molecule has 0 amide bonds. The SMILES string of the molecule is Cc1cc(C)cc(OCC(O)COc2ccccc2N)c1. The molecule has 0 aliphatic heterocycles. The van der Waals surface area contributed by atoms with E-state index in [1.165, 1.54) is 0 Å². The average molecular weight is 287 g/mol. The van der Waals surface area contributed by atoms with Gasteiger partial charge >= 0.3 is 0 Å². The maximum absolute atomic E-state index is 9.91. The summed E-state index contributed by atoms with van der Waals surface area (Å²) in [5, 5.41) is 9.91. The molecule has 0 fully saturated rings. The number of hydrogen-bond donors (Lipinski definition) is 2. The second kappa shape index (κ2) is 6.99. The third-order valence-electron chi connectivity index (χ3n) is 2.99. The minimum Gasteiger partial charge on any atom is -0.491 e. The second-order valence-corrected chi connectivity index (χ2v) is 5.14. The highest BCUT2D eigenvalue weighted by atomic mass is 16.5. The van der Waals surface area contributed by atoms with Gasteiger partial charge in [0, 0.05) is 0 Å². The Labute approximate surface area is 125 Å². The quantitative estimate of drug-likeness (QED) is 0.802. The molecule has 0 saturated carbocycles. The largest absolute Gasteiger partial charge is 0.491 e. The van der Waals surface area contributed by atoms with Gasteiger partial charge in [-0.05, 0) is 49.2 Å². The molecule has 4 nitrogen and oxygen atoms in total. The van der Waals surface area contributed by atoms with Crippen LogP contribution in [-0.4, -0.2) is 24.4 Å². The van der Waals surface area contributed by atoms with Crippen LogP contribution in [0.25, 0.3) is 0 Å². The van der Waals surface area contributed by atoms with Crippen LogP contribution in [0, 0.1) is 13.8 Å². The minimum atomic E-state index is -0.717. The molecule has 0 saturated heterocycles. The van der Waals surface area contributed by atoms with Crippen molar-refractivity contribution in [3.05, 3.63) is 53.6 Å². The maximum atomic E-state index is 9.91. The summed E-state index contributed by atoms with van der Waals surface area (Å²) in [6.07, 6.45) is -0.717. The van der Waals surface area contributed by atoms with Crippen molar-refractivity contribution in [2.24, 2.45) is 0 Å². The van der Waals surface area contributed by atoms with E-state index < -0.39 is 6.10 Å². The van der Waals surface area contributed by atoms with Crippen molar-refractivity contribution >= 4 is 5.69 Å². The molecule has 4 heteroatoms. The molecule has 112 valence electrons. The molecule has 21 heavy (non-hydrogen) atoms. The van der Waals surface area contributed by atoms with Crippen molar-refractivity contribution in [2.45, 2.75) is 20.0 Å². The molecular formula is C17H21NO3. The number of aliphatic hydroxyl groups is 1. The third-order valence-corrected chi connectivity index (χ3v) is 2.99. The number of nitrogens with two attached hydrogens (primary N) is 1. The number of nitrogen functional groups attached to an aromatic ring is 1. The highest BCUT2D eigenvalue weighted by molar-refractivity contribution is 5.51. The van der Waals surface area contributed by atoms with Gasteiger partial charge in [-0.1, -0.05) is 18.2 Å². The van der Waals surface area contributed by atoms with Crippen LogP contribution < -0.4 is 15.2 Å². The fourth-order valence-electron chi connectivity index (χ4n) is 2.05. The summed E-state index contributed by atoms with van der Waals surface area (Å²) in [7, 11) is 0. The number of aryl methyl sites for hydroxylation is 2. The van der Waals surface area contributed by atoms with E-state index >= 15 is 0 Å². The summed E-state index contributed by atoms with van der Waals surface area (Å²) in [6.45, 7) is 4.34. The highest BCUT2D eigenvalue weighted by Gasteiger charge is 2.08. The lowest BCUT2D eigenvalue weighted by Crippen LogP contribution is -2.25. The number of rotatable bonds is 6. The zero-order valence-electron chi connectivity index (χ0n) is 12.4. The molecule has 3 N–H and O–H groups in total. The van der Waals surface area contributed by atoms with Crippen LogP contribution in [0.3, 0.4) is 0 Å². The van der Waals surface area contributed by atoms with Crippen molar-refractivity contribution in [1.29, 1.82) is 0 Å². The standard InChI is InChI=1S/C17H21NO3/c1-12-7-13(2)9-15(8-12)20-10-14(19)11-21-17-6-4-3-5-16(17)18/h3-9,14,19H,10-11,18H2,1-2H3. The molecule has 2 aromatic carbocycles. The van der Waals surface area contributed by atoms with Crippen molar-refractivity contribution in [3.63, 3.8) is 0 Å². The van der Waals surface area contributed by atoms with Gasteiger partial charge in [0.2, 0.25) is 0 Å². The second-order valence-electron chi connectivity index (χ2n) is 5.14. The topological polar surface area (TPSA) is 64.7 Å². The lowest BCUT2D eigenvalue weighted by molar-refractivity contribution is 0.0629. The smallest absolute Gasteiger partial charge is 0.142 e. The van der Waals surface area contributed by atoms with E-state index in [2.05, 4.69) is 6.07 Å². The van der Waals surface area contributed by atoms with Crippen LogP contribution in [-0.2, 0) is 0 Å². The average Bonchev–Trinajstić information content (AvgIpc) is 2.43. The van der Waals surface area contributed by atoms with Crippen LogP contribution in [0.5, 0.6) is 11.5 Å². The van der Waals surface area contributed by atoms with Crippen LogP contribution in [0.4, 0.5) is 5.69 Å². The molecule has 0 aliphatic carbocycles. The molecule has 1 unspecified atom stereocenters. The molecule has 0 bridgehead atoms. The normalized spacial score (nSPS) is 12.0. The van der Waals surface area contributed by atoms with E-state index in [0.717, 1.165) is 16.9 Å². The fraction of sp³-hybridized carbons (Fsp3) is 0.294. The van der Waals surface area contributed by atoms with E-state index in [-0.39, 0.29) is 13.2 Å². The summed E-state index contributed by atoms with van der Waals surface area (Å²) in [4.78, 5) is 0. The Balaban J connectivity index is 1.82. The van der Waals surface area contributed by atoms with Gasteiger partial charge in [-0.3, -0.25) is 0 Å². The minimum absolute atomic E-state index is 0.138. The van der Waals surface area contributed by atoms with Crippen molar-refractivity contribution in [2.75, 3.05) is 18.9 Å². The summed E-state index contributed by atoms with van der Waals surface area (Å²) in [5.74, 6) is 1.33. The summed E-state index contributed by atoms with van der Waals surface area (Å²) in [5.41, 5.74) is 8.59. The van der Waals surface area contributed by atoms with Crippen LogP contribution in [0.1, 0.15) is 11.1 Å². The predicted molar refractivity (Wildman–Crippen MR) is 83.8 cm³/mol. The van der Waals surface area contributed by atoms with Gasteiger partial charge in [-0.15, -0.1) is 0 Å². The Kier molecular flexibility index (Phi) is 5.06. The molecule has 1 atom stereocenters. The van der Waals surface area contributed by atoms with E-state index in [1.807, 2.05) is 38.1 Å². The summed E-state index contributed by atoms with van der Waals surface area (Å²) < 4.78 is 11.1. The van der Waals surface area contributed by atoms with Crippen LogP contribution in [0.2, 0.25) is 0 Å². The van der Waals surface area contributed by atoms with Gasteiger partial charge in [-0.2, -0.15) is 0 Å². The van der Waals surface area contributed by atoms with Crippen LogP contribution >= 0.6 is 0 Å². The summed E-state index contributed by atoms with van der Waals surface area (Å²) >= 11 is 0. The Hall–Kier alpha value is -2.20. The lowest BCUT2D eigenvalue weighted by Gasteiger charge is -2.15. The maximum Gasteiger partial charge on any atom is 0.142 e. The molecular weight excluding hydrogens is 266 g/mol. The molecule has 0 heterocycles. The molecule has 0 aliphatic rings. The first-order valence-corrected chi connectivity index (χ1v) is 6.91. The van der Waals surface area contributed by atoms with Gasteiger partial charge in [0.15, 0.2) is 0 Å².